The number of hydrogen-bond acceptors (Lipinski definition) is 5. The van der Waals surface area contributed by atoms with Gasteiger partial charge in [0.2, 0.25) is 5.89 Å². The Morgan fingerprint density at radius 1 is 1.21 bits per heavy atom. The lowest BCUT2D eigenvalue weighted by molar-refractivity contribution is 0.0974. The number of fused-ring (bicyclic) bond motifs is 3. The molecule has 3 atom stereocenters. The van der Waals surface area contributed by atoms with E-state index in [2.05, 4.69) is 15.1 Å². The molecule has 0 N–H and O–H groups in total. The van der Waals surface area contributed by atoms with Gasteiger partial charge in [-0.15, -0.1) is 0 Å². The lowest BCUT2D eigenvalue weighted by Crippen LogP contribution is -2.14. The first-order chi connectivity index (χ1) is 11.8. The molecule has 122 valence electrons. The number of halogens is 1. The van der Waals surface area contributed by atoms with E-state index in [-0.39, 0.29) is 12.0 Å². The summed E-state index contributed by atoms with van der Waals surface area (Å²) in [4.78, 5) is 9.08. The number of hydrogen-bond donors (Lipinski definition) is 0. The van der Waals surface area contributed by atoms with Crippen molar-refractivity contribution in [3.05, 3.63) is 52.8 Å². The molecule has 3 unspecified atom stereocenters. The molecule has 24 heavy (non-hydrogen) atoms. The largest absolute Gasteiger partial charge is 0.374 e. The minimum Gasteiger partial charge on any atom is -0.374 e. The second-order valence-corrected chi connectivity index (χ2v) is 6.95. The van der Waals surface area contributed by atoms with E-state index in [4.69, 9.17) is 20.9 Å². The maximum atomic E-state index is 6.25. The standard InChI is InChI=1S/C18H16ClN3O2/c19-14-5-3-10(17-12(14)2-1-7-20-17)8-16-21-18(24-22-16)13-9-11-4-6-15(13)23-11/h1-3,5,7,11,13,15H,4,6,8-9H2. The van der Waals surface area contributed by atoms with Crippen molar-refractivity contribution in [2.45, 2.75) is 43.8 Å². The second-order valence-electron chi connectivity index (χ2n) is 6.55. The molecule has 2 aromatic heterocycles. The fourth-order valence-electron chi connectivity index (χ4n) is 3.90. The molecule has 6 heteroatoms. The van der Waals surface area contributed by atoms with Crippen LogP contribution in [0.2, 0.25) is 5.02 Å². The molecular weight excluding hydrogens is 326 g/mol. The first-order valence-electron chi connectivity index (χ1n) is 8.28. The lowest BCUT2D eigenvalue weighted by atomic mass is 9.89. The maximum Gasteiger partial charge on any atom is 0.232 e. The average molecular weight is 342 g/mol. The second kappa shape index (κ2) is 5.53. The summed E-state index contributed by atoms with van der Waals surface area (Å²) in [5, 5.41) is 5.82. The summed E-state index contributed by atoms with van der Waals surface area (Å²) < 4.78 is 11.4. The Labute approximate surface area is 144 Å². The van der Waals surface area contributed by atoms with Gasteiger partial charge in [-0.3, -0.25) is 4.98 Å². The quantitative estimate of drug-likeness (QED) is 0.723. The van der Waals surface area contributed by atoms with E-state index in [1.54, 1.807) is 6.20 Å². The molecule has 2 aliphatic rings. The van der Waals surface area contributed by atoms with Crippen molar-refractivity contribution in [1.29, 1.82) is 0 Å². The fourth-order valence-corrected chi connectivity index (χ4v) is 4.11. The highest BCUT2D eigenvalue weighted by molar-refractivity contribution is 6.35. The first-order valence-corrected chi connectivity index (χ1v) is 8.66. The molecular formula is C18H16ClN3O2. The van der Waals surface area contributed by atoms with E-state index in [1.807, 2.05) is 24.3 Å². The molecule has 0 spiro atoms. The van der Waals surface area contributed by atoms with E-state index in [0.29, 0.717) is 29.3 Å². The van der Waals surface area contributed by atoms with Crippen molar-refractivity contribution in [2.24, 2.45) is 0 Å². The third kappa shape index (κ3) is 2.31. The van der Waals surface area contributed by atoms with Crippen LogP contribution in [-0.2, 0) is 11.2 Å². The Kier molecular flexibility index (Phi) is 3.31. The Morgan fingerprint density at radius 2 is 2.17 bits per heavy atom. The van der Waals surface area contributed by atoms with Crippen LogP contribution in [0.5, 0.6) is 0 Å². The Hall–Kier alpha value is -1.98. The van der Waals surface area contributed by atoms with Gasteiger partial charge in [0.05, 0.1) is 23.6 Å². The number of nitrogens with zero attached hydrogens (tertiary/aromatic N) is 3. The van der Waals surface area contributed by atoms with Gasteiger partial charge in [-0.25, -0.2) is 0 Å². The first kappa shape index (κ1) is 14.4. The van der Waals surface area contributed by atoms with Crippen LogP contribution in [0.15, 0.2) is 35.0 Å². The minimum absolute atomic E-state index is 0.251. The fraction of sp³-hybridized carbons (Fsp3) is 0.389. The molecule has 0 radical (unpaired) electrons. The van der Waals surface area contributed by atoms with Crippen LogP contribution in [0.4, 0.5) is 0 Å². The zero-order valence-electron chi connectivity index (χ0n) is 13.0. The Bertz CT molecular complexity index is 910. The van der Waals surface area contributed by atoms with Crippen LogP contribution in [0.3, 0.4) is 0 Å². The molecule has 2 bridgehead atoms. The predicted octanol–water partition coefficient (Wildman–Crippen LogP) is 3.90. The number of ether oxygens (including phenoxy) is 1. The normalized spacial score (nSPS) is 25.6. The van der Waals surface area contributed by atoms with E-state index in [1.165, 1.54) is 0 Å². The summed E-state index contributed by atoms with van der Waals surface area (Å²) in [5.74, 6) is 1.65. The van der Waals surface area contributed by atoms with Gasteiger partial charge in [-0.1, -0.05) is 22.8 Å². The van der Waals surface area contributed by atoms with Gasteiger partial charge in [0.1, 0.15) is 0 Å². The van der Waals surface area contributed by atoms with Crippen molar-refractivity contribution in [3.63, 3.8) is 0 Å². The summed E-state index contributed by atoms with van der Waals surface area (Å²) in [6, 6.07) is 7.74. The summed E-state index contributed by atoms with van der Waals surface area (Å²) in [7, 11) is 0. The molecule has 3 aromatic rings. The average Bonchev–Trinajstić information content (AvgIpc) is 3.34. The van der Waals surface area contributed by atoms with Crippen LogP contribution >= 0.6 is 11.6 Å². The molecule has 0 saturated carbocycles. The highest BCUT2D eigenvalue weighted by Crippen LogP contribution is 2.43. The van der Waals surface area contributed by atoms with Crippen molar-refractivity contribution in [1.82, 2.24) is 15.1 Å². The Balaban J connectivity index is 1.44. The number of benzene rings is 1. The zero-order valence-corrected chi connectivity index (χ0v) is 13.7. The zero-order chi connectivity index (χ0) is 16.1. The predicted molar refractivity (Wildman–Crippen MR) is 89.1 cm³/mol. The van der Waals surface area contributed by atoms with Crippen LogP contribution in [0, 0.1) is 0 Å². The lowest BCUT2D eigenvalue weighted by Gasteiger charge is -2.13. The van der Waals surface area contributed by atoms with Crippen molar-refractivity contribution in [3.8, 4) is 0 Å². The summed E-state index contributed by atoms with van der Waals surface area (Å²) in [5.41, 5.74) is 1.94. The summed E-state index contributed by atoms with van der Waals surface area (Å²) in [6.45, 7) is 0. The van der Waals surface area contributed by atoms with Gasteiger partial charge < -0.3 is 9.26 Å². The van der Waals surface area contributed by atoms with Crippen LogP contribution < -0.4 is 0 Å². The van der Waals surface area contributed by atoms with Gasteiger partial charge in [-0.05, 0) is 43.0 Å². The highest BCUT2D eigenvalue weighted by atomic mass is 35.5. The maximum absolute atomic E-state index is 6.25. The van der Waals surface area contributed by atoms with Gasteiger partial charge in [0.25, 0.3) is 0 Å². The number of pyridine rings is 1. The molecule has 5 nitrogen and oxygen atoms in total. The van der Waals surface area contributed by atoms with E-state index < -0.39 is 0 Å². The number of aromatic nitrogens is 3. The van der Waals surface area contributed by atoms with Gasteiger partial charge >= 0.3 is 0 Å². The minimum atomic E-state index is 0.251. The summed E-state index contributed by atoms with van der Waals surface area (Å²) >= 11 is 6.25. The topological polar surface area (TPSA) is 61.0 Å². The van der Waals surface area contributed by atoms with Gasteiger partial charge in [0, 0.05) is 23.0 Å². The summed E-state index contributed by atoms with van der Waals surface area (Å²) in [6.07, 6.45) is 6.23. The third-order valence-electron chi connectivity index (χ3n) is 5.06. The molecule has 2 fully saturated rings. The van der Waals surface area contributed by atoms with E-state index in [0.717, 1.165) is 35.7 Å². The Morgan fingerprint density at radius 3 is 3.00 bits per heavy atom. The molecule has 0 aliphatic carbocycles. The van der Waals surface area contributed by atoms with E-state index >= 15 is 0 Å². The SMILES string of the molecule is Clc1ccc(Cc2noc(C3CC4CCC3O4)n2)c2ncccc12. The monoisotopic (exact) mass is 341 g/mol. The van der Waals surface area contributed by atoms with Crippen LogP contribution in [-0.4, -0.2) is 27.3 Å². The van der Waals surface area contributed by atoms with Crippen LogP contribution in [0.1, 0.15) is 42.5 Å². The van der Waals surface area contributed by atoms with E-state index in [9.17, 15) is 0 Å². The van der Waals surface area contributed by atoms with Gasteiger partial charge in [-0.2, -0.15) is 4.98 Å². The molecule has 5 rings (SSSR count). The number of rotatable bonds is 3. The third-order valence-corrected chi connectivity index (χ3v) is 5.39. The molecule has 1 aromatic carbocycles. The van der Waals surface area contributed by atoms with Crippen molar-refractivity contribution < 1.29 is 9.26 Å². The highest BCUT2D eigenvalue weighted by Gasteiger charge is 2.44. The van der Waals surface area contributed by atoms with Gasteiger partial charge in [0.15, 0.2) is 5.82 Å². The molecule has 2 aliphatic heterocycles. The smallest absolute Gasteiger partial charge is 0.232 e. The molecule has 0 amide bonds. The van der Waals surface area contributed by atoms with Crippen molar-refractivity contribution in [2.75, 3.05) is 0 Å². The van der Waals surface area contributed by atoms with Crippen LogP contribution in [0.25, 0.3) is 10.9 Å². The molecule has 4 heterocycles. The molecule has 2 saturated heterocycles. The van der Waals surface area contributed by atoms with Crippen molar-refractivity contribution >= 4 is 22.5 Å².